The third-order valence-electron chi connectivity index (χ3n) is 4.42. The number of nitrogens with zero attached hydrogens (tertiary/aromatic N) is 1. The molecule has 1 saturated heterocycles. The number of aryl methyl sites for hydroxylation is 1. The van der Waals surface area contributed by atoms with Crippen molar-refractivity contribution in [3.05, 3.63) is 35.4 Å². The molecule has 0 bridgehead atoms. The molecule has 2 N–H and O–H groups in total. The van der Waals surface area contributed by atoms with E-state index in [2.05, 4.69) is 46.7 Å². The number of nitrogens with one attached hydrogen (secondary N) is 2. The number of ether oxygens (including phenoxy) is 1. The highest BCUT2D eigenvalue weighted by molar-refractivity contribution is 5.88. The Morgan fingerprint density at radius 2 is 2.08 bits per heavy atom. The van der Waals surface area contributed by atoms with E-state index in [9.17, 15) is 9.59 Å². The van der Waals surface area contributed by atoms with Crippen molar-refractivity contribution >= 4 is 11.8 Å². The molecule has 0 aliphatic carbocycles. The first kappa shape index (κ1) is 20.4. The highest BCUT2D eigenvalue weighted by atomic mass is 16.5. The highest BCUT2D eigenvalue weighted by Gasteiger charge is 2.31. The monoisotopic (exact) mass is 361 g/mol. The zero-order valence-electron chi connectivity index (χ0n) is 16.1. The minimum Gasteiger partial charge on any atom is -0.379 e. The molecule has 0 aromatic heterocycles. The normalized spacial score (nSPS) is 18.0. The van der Waals surface area contributed by atoms with E-state index in [0.717, 1.165) is 18.5 Å². The van der Waals surface area contributed by atoms with Crippen LogP contribution in [0, 0.1) is 6.92 Å². The van der Waals surface area contributed by atoms with Gasteiger partial charge < -0.3 is 15.4 Å². The first-order valence-corrected chi connectivity index (χ1v) is 9.41. The number of hydrogen-bond donors (Lipinski definition) is 2. The van der Waals surface area contributed by atoms with E-state index in [1.54, 1.807) is 0 Å². The van der Waals surface area contributed by atoms with Crippen LogP contribution in [0.15, 0.2) is 24.3 Å². The summed E-state index contributed by atoms with van der Waals surface area (Å²) < 4.78 is 5.46. The zero-order chi connectivity index (χ0) is 18.9. The van der Waals surface area contributed by atoms with Gasteiger partial charge in [0.2, 0.25) is 11.8 Å². The molecule has 1 aromatic rings. The molecule has 1 aliphatic heterocycles. The van der Waals surface area contributed by atoms with Crippen LogP contribution in [-0.2, 0) is 20.9 Å². The third-order valence-corrected chi connectivity index (χ3v) is 4.42. The number of benzene rings is 1. The Morgan fingerprint density at radius 1 is 1.35 bits per heavy atom. The maximum atomic E-state index is 12.3. The van der Waals surface area contributed by atoms with Crippen LogP contribution in [-0.4, -0.2) is 55.1 Å². The second-order valence-electron chi connectivity index (χ2n) is 7.09. The number of carbonyl (C=O) groups is 2. The minimum absolute atomic E-state index is 0.0679. The summed E-state index contributed by atoms with van der Waals surface area (Å²) in [7, 11) is 0. The third kappa shape index (κ3) is 6.77. The van der Waals surface area contributed by atoms with Gasteiger partial charge in [-0.2, -0.15) is 0 Å². The van der Waals surface area contributed by atoms with Gasteiger partial charge in [-0.1, -0.05) is 29.8 Å². The first-order valence-electron chi connectivity index (χ1n) is 9.41. The molecular formula is C20H31N3O3. The molecule has 0 saturated carbocycles. The summed E-state index contributed by atoms with van der Waals surface area (Å²) in [5.74, 6) is -0.160. The van der Waals surface area contributed by atoms with Crippen molar-refractivity contribution < 1.29 is 14.3 Å². The predicted octanol–water partition coefficient (Wildman–Crippen LogP) is 1.62. The molecule has 6 heteroatoms. The van der Waals surface area contributed by atoms with Crippen molar-refractivity contribution in [2.75, 3.05) is 26.2 Å². The quantitative estimate of drug-likeness (QED) is 0.656. The van der Waals surface area contributed by atoms with Crippen LogP contribution in [0.25, 0.3) is 0 Å². The molecule has 0 spiro atoms. The Morgan fingerprint density at radius 3 is 2.77 bits per heavy atom. The smallest absolute Gasteiger partial charge is 0.237 e. The number of hydrogen-bond acceptors (Lipinski definition) is 4. The molecule has 1 unspecified atom stereocenters. The maximum absolute atomic E-state index is 12.3. The second-order valence-corrected chi connectivity index (χ2v) is 7.09. The van der Waals surface area contributed by atoms with Crippen LogP contribution in [0.5, 0.6) is 0 Å². The molecule has 2 amide bonds. The lowest BCUT2D eigenvalue weighted by Gasteiger charge is -2.34. The van der Waals surface area contributed by atoms with E-state index in [4.69, 9.17) is 4.74 Å². The van der Waals surface area contributed by atoms with Gasteiger partial charge in [0.15, 0.2) is 0 Å². The van der Waals surface area contributed by atoms with E-state index < -0.39 is 6.04 Å². The molecule has 1 aromatic carbocycles. The van der Waals surface area contributed by atoms with Crippen molar-refractivity contribution in [1.29, 1.82) is 0 Å². The predicted molar refractivity (Wildman–Crippen MR) is 102 cm³/mol. The number of amides is 2. The van der Waals surface area contributed by atoms with Gasteiger partial charge in [-0.25, -0.2) is 0 Å². The van der Waals surface area contributed by atoms with Crippen molar-refractivity contribution in [2.45, 2.75) is 52.3 Å². The molecule has 2 rings (SSSR count). The van der Waals surface area contributed by atoms with E-state index in [1.807, 2.05) is 13.8 Å². The van der Waals surface area contributed by atoms with Crippen LogP contribution in [0.3, 0.4) is 0 Å². The Bertz CT molecular complexity index is 586. The van der Waals surface area contributed by atoms with Gasteiger partial charge in [0.25, 0.3) is 0 Å². The average molecular weight is 361 g/mol. The van der Waals surface area contributed by atoms with Crippen LogP contribution in [0.2, 0.25) is 0 Å². The number of carbonyl (C=O) groups excluding carboxylic acids is 2. The summed E-state index contributed by atoms with van der Waals surface area (Å²) in [6.07, 6.45) is 1.16. The fourth-order valence-electron chi connectivity index (χ4n) is 2.97. The van der Waals surface area contributed by atoms with Crippen LogP contribution < -0.4 is 10.6 Å². The molecule has 0 radical (unpaired) electrons. The molecule has 1 heterocycles. The summed E-state index contributed by atoms with van der Waals surface area (Å²) in [4.78, 5) is 26.6. The largest absolute Gasteiger partial charge is 0.379 e. The minimum atomic E-state index is -0.419. The Kier molecular flexibility index (Phi) is 8.06. The van der Waals surface area contributed by atoms with Gasteiger partial charge in [0.05, 0.1) is 18.6 Å². The highest BCUT2D eigenvalue weighted by Crippen LogP contribution is 2.14. The van der Waals surface area contributed by atoms with Crippen molar-refractivity contribution in [3.8, 4) is 0 Å². The summed E-state index contributed by atoms with van der Waals surface area (Å²) in [5, 5.41) is 5.76. The molecule has 26 heavy (non-hydrogen) atoms. The van der Waals surface area contributed by atoms with Crippen LogP contribution in [0.4, 0.5) is 0 Å². The molecule has 144 valence electrons. The summed E-state index contributed by atoms with van der Waals surface area (Å²) in [6.45, 7) is 9.27. The number of rotatable bonds is 9. The SMILES string of the molecule is Cc1ccc(CN2CCNC(=O)C2CC(=O)NCCCOC(C)C)cc1. The van der Waals surface area contributed by atoms with Gasteiger partial charge >= 0.3 is 0 Å². The molecule has 6 nitrogen and oxygen atoms in total. The topological polar surface area (TPSA) is 70.7 Å². The lowest BCUT2D eigenvalue weighted by Crippen LogP contribution is -2.56. The molecular weight excluding hydrogens is 330 g/mol. The zero-order valence-corrected chi connectivity index (χ0v) is 16.1. The molecule has 1 atom stereocenters. The van der Waals surface area contributed by atoms with E-state index in [-0.39, 0.29) is 24.3 Å². The van der Waals surface area contributed by atoms with Crippen molar-refractivity contribution in [3.63, 3.8) is 0 Å². The van der Waals surface area contributed by atoms with E-state index in [1.165, 1.54) is 5.56 Å². The number of piperazine rings is 1. The summed E-state index contributed by atoms with van der Waals surface area (Å²) in [5.41, 5.74) is 2.36. The second kappa shape index (κ2) is 10.3. The Balaban J connectivity index is 1.84. The lowest BCUT2D eigenvalue weighted by atomic mass is 10.1. The Labute approximate surface area is 156 Å². The fourth-order valence-corrected chi connectivity index (χ4v) is 2.97. The van der Waals surface area contributed by atoms with Crippen molar-refractivity contribution in [2.24, 2.45) is 0 Å². The van der Waals surface area contributed by atoms with Crippen LogP contribution in [0.1, 0.15) is 37.8 Å². The van der Waals surface area contributed by atoms with Gasteiger partial charge in [-0.05, 0) is 32.8 Å². The first-order chi connectivity index (χ1) is 12.5. The fraction of sp³-hybridized carbons (Fsp3) is 0.600. The maximum Gasteiger partial charge on any atom is 0.237 e. The van der Waals surface area contributed by atoms with E-state index >= 15 is 0 Å². The summed E-state index contributed by atoms with van der Waals surface area (Å²) >= 11 is 0. The van der Waals surface area contributed by atoms with Gasteiger partial charge in [0, 0.05) is 32.8 Å². The summed E-state index contributed by atoms with van der Waals surface area (Å²) in [6, 6.07) is 7.87. The van der Waals surface area contributed by atoms with Crippen molar-refractivity contribution in [1.82, 2.24) is 15.5 Å². The standard InChI is InChI=1S/C20H31N3O3/c1-15(2)26-12-4-9-21-19(24)13-18-20(25)22-10-11-23(18)14-17-7-5-16(3)6-8-17/h5-8,15,18H,4,9-14H2,1-3H3,(H,21,24)(H,22,25). The van der Waals surface area contributed by atoms with E-state index in [0.29, 0.717) is 26.2 Å². The lowest BCUT2D eigenvalue weighted by molar-refractivity contribution is -0.134. The van der Waals surface area contributed by atoms with Gasteiger partial charge in [-0.15, -0.1) is 0 Å². The molecule has 1 fully saturated rings. The molecule has 1 aliphatic rings. The Hall–Kier alpha value is -1.92. The average Bonchev–Trinajstić information content (AvgIpc) is 2.59. The van der Waals surface area contributed by atoms with Gasteiger partial charge in [-0.3, -0.25) is 14.5 Å². The van der Waals surface area contributed by atoms with Crippen LogP contribution >= 0.6 is 0 Å². The van der Waals surface area contributed by atoms with Gasteiger partial charge in [0.1, 0.15) is 0 Å².